The topological polar surface area (TPSA) is 43.8 Å². The molecule has 1 fully saturated rings. The molecule has 6 heteroatoms. The number of hydrogen-bond donors (Lipinski definition) is 1. The van der Waals surface area contributed by atoms with E-state index in [2.05, 4.69) is 18.7 Å². The van der Waals surface area contributed by atoms with Gasteiger partial charge in [0.1, 0.15) is 17.9 Å². The van der Waals surface area contributed by atoms with Crippen molar-refractivity contribution in [1.82, 2.24) is 9.80 Å². The van der Waals surface area contributed by atoms with E-state index in [9.17, 15) is 18.7 Å². The van der Waals surface area contributed by atoms with Gasteiger partial charge in [0, 0.05) is 26.2 Å². The summed E-state index contributed by atoms with van der Waals surface area (Å²) in [6.45, 7) is 7.35. The van der Waals surface area contributed by atoms with Crippen molar-refractivity contribution < 1.29 is 18.7 Å². The molecule has 2 unspecified atom stereocenters. The molecule has 174 valence electrons. The first-order chi connectivity index (χ1) is 15.1. The van der Waals surface area contributed by atoms with Crippen molar-refractivity contribution in [2.24, 2.45) is 5.92 Å². The molecule has 1 aliphatic rings. The molecule has 0 spiro atoms. The van der Waals surface area contributed by atoms with Gasteiger partial charge in [0.2, 0.25) is 5.91 Å². The van der Waals surface area contributed by atoms with Gasteiger partial charge in [-0.15, -0.1) is 0 Å². The Hall–Kier alpha value is -2.31. The molecular formula is C26H34F2N2O2. The normalized spacial score (nSPS) is 18.2. The Balaban J connectivity index is 1.94. The van der Waals surface area contributed by atoms with Crippen LogP contribution >= 0.6 is 0 Å². The fourth-order valence-electron chi connectivity index (χ4n) is 4.82. The number of amides is 1. The van der Waals surface area contributed by atoms with Gasteiger partial charge in [-0.25, -0.2) is 8.78 Å². The van der Waals surface area contributed by atoms with Gasteiger partial charge < -0.3 is 10.0 Å². The van der Waals surface area contributed by atoms with Gasteiger partial charge in [-0.1, -0.05) is 38.1 Å². The lowest BCUT2D eigenvalue weighted by Gasteiger charge is -2.38. The summed E-state index contributed by atoms with van der Waals surface area (Å²) in [5, 5.41) is 10.4. The van der Waals surface area contributed by atoms with E-state index in [0.717, 1.165) is 25.8 Å². The van der Waals surface area contributed by atoms with Gasteiger partial charge in [-0.05, 0) is 67.5 Å². The number of benzene rings is 2. The second-order valence-corrected chi connectivity index (χ2v) is 9.47. The number of aliphatic hydroxyl groups is 1. The van der Waals surface area contributed by atoms with Crippen molar-refractivity contribution >= 4 is 5.91 Å². The minimum atomic E-state index is -1.11. The van der Waals surface area contributed by atoms with Crippen LogP contribution in [0.1, 0.15) is 51.2 Å². The molecule has 4 nitrogen and oxygen atoms in total. The van der Waals surface area contributed by atoms with Gasteiger partial charge in [-0.2, -0.15) is 0 Å². The molecular weight excluding hydrogens is 410 g/mol. The largest absolute Gasteiger partial charge is 0.378 e. The second-order valence-electron chi connectivity index (χ2n) is 9.47. The number of carbonyl (C=O) groups excluding carboxylic acids is 1. The summed E-state index contributed by atoms with van der Waals surface area (Å²) >= 11 is 0. The molecule has 0 radical (unpaired) electrons. The summed E-state index contributed by atoms with van der Waals surface area (Å²) in [6, 6.07) is 11.8. The lowest BCUT2D eigenvalue weighted by Crippen LogP contribution is -2.51. The minimum Gasteiger partial charge on any atom is -0.378 e. The number of carbonyl (C=O) groups is 1. The SMILES string of the molecule is CC(C)CC(CN(C)C(=O)C(C)(c1ccc(F)cc1)c1ccc(F)cc1)N1CCCC1O. The van der Waals surface area contributed by atoms with E-state index in [4.69, 9.17) is 0 Å². The lowest BCUT2D eigenvalue weighted by molar-refractivity contribution is -0.135. The van der Waals surface area contributed by atoms with E-state index < -0.39 is 11.6 Å². The zero-order chi connectivity index (χ0) is 23.5. The van der Waals surface area contributed by atoms with Crippen LogP contribution in [0.25, 0.3) is 0 Å². The van der Waals surface area contributed by atoms with Gasteiger partial charge >= 0.3 is 0 Å². The molecule has 0 bridgehead atoms. The zero-order valence-electron chi connectivity index (χ0n) is 19.4. The molecule has 2 aromatic carbocycles. The van der Waals surface area contributed by atoms with Crippen molar-refractivity contribution in [3.8, 4) is 0 Å². The Bertz CT molecular complexity index is 854. The fraction of sp³-hybridized carbons (Fsp3) is 0.500. The number of aliphatic hydroxyl groups excluding tert-OH is 1. The van der Waals surface area contributed by atoms with Crippen molar-refractivity contribution in [3.05, 3.63) is 71.3 Å². The second kappa shape index (κ2) is 10.1. The lowest BCUT2D eigenvalue weighted by atomic mass is 9.75. The highest BCUT2D eigenvalue weighted by molar-refractivity contribution is 5.91. The summed E-state index contributed by atoms with van der Waals surface area (Å²) in [6.07, 6.45) is 2.06. The average Bonchev–Trinajstić information content (AvgIpc) is 3.18. The van der Waals surface area contributed by atoms with E-state index in [0.29, 0.717) is 23.6 Å². The zero-order valence-corrected chi connectivity index (χ0v) is 19.4. The van der Waals surface area contributed by atoms with Crippen LogP contribution in [-0.4, -0.2) is 53.2 Å². The summed E-state index contributed by atoms with van der Waals surface area (Å²) in [4.78, 5) is 17.7. The quantitative estimate of drug-likeness (QED) is 0.649. The molecule has 0 aromatic heterocycles. The van der Waals surface area contributed by atoms with Crippen LogP contribution in [0.15, 0.2) is 48.5 Å². The molecule has 1 N–H and O–H groups in total. The van der Waals surface area contributed by atoms with Gasteiger partial charge in [0.25, 0.3) is 0 Å². The number of nitrogens with zero attached hydrogens (tertiary/aromatic N) is 2. The third-order valence-electron chi connectivity index (χ3n) is 6.58. The minimum absolute atomic E-state index is 0.0344. The van der Waals surface area contributed by atoms with Crippen molar-refractivity contribution in [3.63, 3.8) is 0 Å². The summed E-state index contributed by atoms with van der Waals surface area (Å²) in [5.74, 6) is -0.498. The first kappa shape index (κ1) is 24.3. The molecule has 1 saturated heterocycles. The van der Waals surface area contributed by atoms with E-state index in [1.165, 1.54) is 24.3 Å². The number of rotatable bonds is 8. The van der Waals surface area contributed by atoms with Crippen LogP contribution in [0.4, 0.5) is 8.78 Å². The van der Waals surface area contributed by atoms with E-state index in [1.54, 1.807) is 43.1 Å². The van der Waals surface area contributed by atoms with Crippen LogP contribution in [0, 0.1) is 17.6 Å². The van der Waals surface area contributed by atoms with Crippen LogP contribution in [0.5, 0.6) is 0 Å². The summed E-state index contributed by atoms with van der Waals surface area (Å²) in [7, 11) is 1.77. The molecule has 32 heavy (non-hydrogen) atoms. The van der Waals surface area contributed by atoms with Crippen molar-refractivity contribution in [1.29, 1.82) is 0 Å². The Morgan fingerprint density at radius 1 is 1.09 bits per heavy atom. The molecule has 1 aliphatic heterocycles. The van der Waals surface area contributed by atoms with Gasteiger partial charge in [0.05, 0.1) is 5.41 Å². The maximum atomic E-state index is 13.9. The van der Waals surface area contributed by atoms with Crippen LogP contribution in [-0.2, 0) is 10.2 Å². The van der Waals surface area contributed by atoms with Gasteiger partial charge in [-0.3, -0.25) is 9.69 Å². The standard InChI is InChI=1S/C26H34F2N2O2/c1-18(2)16-23(30-15-5-6-24(30)31)17-29(4)25(32)26(3,19-7-11-21(27)12-8-19)20-9-13-22(28)14-10-20/h7-14,18,23-24,31H,5-6,15-17H2,1-4H3. The maximum Gasteiger partial charge on any atom is 0.237 e. The average molecular weight is 445 g/mol. The molecule has 1 heterocycles. The van der Waals surface area contributed by atoms with E-state index in [-0.39, 0.29) is 23.6 Å². The predicted octanol–water partition coefficient (Wildman–Crippen LogP) is 4.56. The summed E-state index contributed by atoms with van der Waals surface area (Å²) in [5.41, 5.74) is 0.176. The Morgan fingerprint density at radius 3 is 2.00 bits per heavy atom. The van der Waals surface area contributed by atoms with Crippen LogP contribution < -0.4 is 0 Å². The van der Waals surface area contributed by atoms with Crippen LogP contribution in [0.2, 0.25) is 0 Å². The number of likely N-dealkylation sites (N-methyl/N-ethyl adjacent to an activating group) is 1. The first-order valence-corrected chi connectivity index (χ1v) is 11.3. The van der Waals surface area contributed by atoms with Crippen molar-refractivity contribution in [2.75, 3.05) is 20.1 Å². The number of likely N-dealkylation sites (tertiary alicyclic amines) is 1. The Kier molecular flexibility index (Phi) is 7.67. The third kappa shape index (κ3) is 5.18. The highest BCUT2D eigenvalue weighted by atomic mass is 19.1. The molecule has 0 aliphatic carbocycles. The smallest absolute Gasteiger partial charge is 0.237 e. The fourth-order valence-corrected chi connectivity index (χ4v) is 4.82. The number of halogens is 2. The molecule has 2 atom stereocenters. The maximum absolute atomic E-state index is 13.9. The predicted molar refractivity (Wildman–Crippen MR) is 122 cm³/mol. The monoisotopic (exact) mass is 444 g/mol. The van der Waals surface area contributed by atoms with Crippen LogP contribution in [0.3, 0.4) is 0 Å². The highest BCUT2D eigenvalue weighted by Gasteiger charge is 2.40. The molecule has 1 amide bonds. The van der Waals surface area contributed by atoms with Crippen molar-refractivity contribution in [2.45, 2.75) is 57.7 Å². The Morgan fingerprint density at radius 2 is 1.59 bits per heavy atom. The van der Waals surface area contributed by atoms with Gasteiger partial charge in [0.15, 0.2) is 0 Å². The molecule has 3 rings (SSSR count). The van der Waals surface area contributed by atoms with E-state index >= 15 is 0 Å². The summed E-state index contributed by atoms with van der Waals surface area (Å²) < 4.78 is 27.2. The highest BCUT2D eigenvalue weighted by Crippen LogP contribution is 2.35. The first-order valence-electron chi connectivity index (χ1n) is 11.3. The molecule has 2 aromatic rings. The van der Waals surface area contributed by atoms with E-state index in [1.807, 2.05) is 0 Å². The Labute approximate surface area is 189 Å². The third-order valence-corrected chi connectivity index (χ3v) is 6.58. The molecule has 0 saturated carbocycles. The number of hydrogen-bond acceptors (Lipinski definition) is 3.